The average Bonchev–Trinajstić information content (AvgIpc) is 3.04. The van der Waals surface area contributed by atoms with Gasteiger partial charge in [0.15, 0.2) is 12.4 Å². The number of fused-ring (bicyclic) bond motifs is 2. The molecule has 0 saturated heterocycles. The lowest BCUT2D eigenvalue weighted by atomic mass is 10.1. The van der Waals surface area contributed by atoms with Crippen LogP contribution in [0, 0.1) is 13.8 Å². The summed E-state index contributed by atoms with van der Waals surface area (Å²) in [6, 6.07) is 13.3. The summed E-state index contributed by atoms with van der Waals surface area (Å²) in [5, 5.41) is 1.79. The first-order chi connectivity index (χ1) is 12.5. The fourth-order valence-electron chi connectivity index (χ4n) is 3.13. The molecule has 0 fully saturated rings. The largest absolute Gasteiger partial charge is 0.453 e. The summed E-state index contributed by atoms with van der Waals surface area (Å²) in [5.41, 5.74) is 10.3. The minimum atomic E-state index is -0.450. The molecule has 0 spiro atoms. The van der Waals surface area contributed by atoms with Crippen LogP contribution in [0.5, 0.6) is 0 Å². The van der Waals surface area contributed by atoms with E-state index in [2.05, 4.69) is 21.0 Å². The predicted octanol–water partition coefficient (Wildman–Crippen LogP) is 3.67. The van der Waals surface area contributed by atoms with Crippen LogP contribution in [0.25, 0.3) is 21.8 Å². The molecule has 0 aliphatic rings. The van der Waals surface area contributed by atoms with E-state index in [1.807, 2.05) is 50.2 Å². The van der Waals surface area contributed by atoms with Crippen molar-refractivity contribution in [2.75, 3.05) is 5.73 Å². The highest BCUT2D eigenvalue weighted by Crippen LogP contribution is 2.22. The van der Waals surface area contributed by atoms with Gasteiger partial charge in [0.2, 0.25) is 0 Å². The molecule has 0 radical (unpaired) electrons. The summed E-state index contributed by atoms with van der Waals surface area (Å²) >= 11 is 0. The molecule has 0 bridgehead atoms. The molecule has 0 saturated carbocycles. The number of nitrogens with one attached hydrogen (secondary N) is 1. The van der Waals surface area contributed by atoms with Crippen molar-refractivity contribution in [3.8, 4) is 0 Å². The topological polar surface area (TPSA) is 93.9 Å². The molecule has 0 aliphatic heterocycles. The number of nitrogens with two attached hydrogens (primary N) is 1. The highest BCUT2D eigenvalue weighted by molar-refractivity contribution is 5.96. The SMILES string of the molecule is Cc1cc(C)c2cc(C(=O)OCc3nc(N)c4ccccc4n3)[nH]c2c1. The molecule has 2 aromatic carbocycles. The van der Waals surface area contributed by atoms with Crippen molar-refractivity contribution >= 4 is 33.6 Å². The number of nitrogen functional groups attached to an aromatic ring is 1. The Labute approximate surface area is 150 Å². The molecule has 130 valence electrons. The van der Waals surface area contributed by atoms with Gasteiger partial charge >= 0.3 is 5.97 Å². The van der Waals surface area contributed by atoms with Crippen molar-refractivity contribution < 1.29 is 9.53 Å². The zero-order valence-electron chi connectivity index (χ0n) is 14.5. The fraction of sp³-hybridized carbons (Fsp3) is 0.150. The number of para-hydroxylation sites is 1. The number of esters is 1. The van der Waals surface area contributed by atoms with Crippen molar-refractivity contribution in [2.45, 2.75) is 20.5 Å². The van der Waals surface area contributed by atoms with Crippen LogP contribution < -0.4 is 5.73 Å². The molecule has 2 heterocycles. The zero-order valence-corrected chi connectivity index (χ0v) is 14.5. The third kappa shape index (κ3) is 2.86. The molecule has 26 heavy (non-hydrogen) atoms. The Balaban J connectivity index is 1.56. The number of nitrogens with zero attached hydrogens (tertiary/aromatic N) is 2. The molecular formula is C20H18N4O2. The fourth-order valence-corrected chi connectivity index (χ4v) is 3.13. The number of hydrogen-bond donors (Lipinski definition) is 2. The Morgan fingerprint density at radius 3 is 2.77 bits per heavy atom. The third-order valence-electron chi connectivity index (χ3n) is 4.32. The molecule has 6 nitrogen and oxygen atoms in total. The van der Waals surface area contributed by atoms with Gasteiger partial charge in [0.25, 0.3) is 0 Å². The Morgan fingerprint density at radius 1 is 1.12 bits per heavy atom. The van der Waals surface area contributed by atoms with E-state index < -0.39 is 5.97 Å². The Kier molecular flexibility index (Phi) is 3.80. The number of carbonyl (C=O) groups is 1. The highest BCUT2D eigenvalue weighted by Gasteiger charge is 2.14. The molecule has 0 aliphatic carbocycles. The van der Waals surface area contributed by atoms with E-state index in [1.54, 1.807) is 0 Å². The summed E-state index contributed by atoms with van der Waals surface area (Å²) in [5.74, 6) is 0.296. The van der Waals surface area contributed by atoms with Gasteiger partial charge in [-0.25, -0.2) is 14.8 Å². The van der Waals surface area contributed by atoms with Crippen LogP contribution in [-0.4, -0.2) is 20.9 Å². The van der Waals surface area contributed by atoms with Gasteiger partial charge in [0.1, 0.15) is 11.5 Å². The first kappa shape index (κ1) is 16.1. The predicted molar refractivity (Wildman–Crippen MR) is 101 cm³/mol. The van der Waals surface area contributed by atoms with Gasteiger partial charge in [-0.1, -0.05) is 18.2 Å². The summed E-state index contributed by atoms with van der Waals surface area (Å²) in [4.78, 5) is 24.1. The second kappa shape index (κ2) is 6.15. The van der Waals surface area contributed by atoms with Crippen LogP contribution in [0.15, 0.2) is 42.5 Å². The zero-order chi connectivity index (χ0) is 18.3. The van der Waals surface area contributed by atoms with Crippen LogP contribution in [0.3, 0.4) is 0 Å². The van der Waals surface area contributed by atoms with Crippen molar-refractivity contribution in [3.05, 3.63) is 65.1 Å². The molecule has 3 N–H and O–H groups in total. The van der Waals surface area contributed by atoms with Gasteiger partial charge in [0.05, 0.1) is 5.52 Å². The van der Waals surface area contributed by atoms with Crippen LogP contribution in [0.4, 0.5) is 5.82 Å². The van der Waals surface area contributed by atoms with Gasteiger partial charge in [-0.2, -0.15) is 0 Å². The van der Waals surface area contributed by atoms with Crippen molar-refractivity contribution in [1.29, 1.82) is 0 Å². The number of carbonyl (C=O) groups excluding carboxylic acids is 1. The van der Waals surface area contributed by atoms with Crippen molar-refractivity contribution in [1.82, 2.24) is 15.0 Å². The highest BCUT2D eigenvalue weighted by atomic mass is 16.5. The van der Waals surface area contributed by atoms with E-state index in [0.717, 1.165) is 32.9 Å². The first-order valence-corrected chi connectivity index (χ1v) is 8.29. The lowest BCUT2D eigenvalue weighted by molar-refractivity contribution is 0.0457. The van der Waals surface area contributed by atoms with Crippen LogP contribution in [0.1, 0.15) is 27.4 Å². The summed E-state index contributed by atoms with van der Waals surface area (Å²) < 4.78 is 5.37. The average molecular weight is 346 g/mol. The number of ether oxygens (including phenoxy) is 1. The standard InChI is InChI=1S/C20H18N4O2/c1-11-7-12(2)14-9-17(22-16(14)8-11)20(25)26-10-18-23-15-6-4-3-5-13(15)19(21)24-18/h3-9,22H,10H2,1-2H3,(H2,21,23,24). The van der Waals surface area contributed by atoms with E-state index in [9.17, 15) is 4.79 Å². The normalized spacial score (nSPS) is 11.2. The van der Waals surface area contributed by atoms with Gasteiger partial charge in [-0.15, -0.1) is 0 Å². The van der Waals surface area contributed by atoms with E-state index in [4.69, 9.17) is 10.5 Å². The maximum atomic E-state index is 12.4. The maximum absolute atomic E-state index is 12.4. The minimum Gasteiger partial charge on any atom is -0.453 e. The monoisotopic (exact) mass is 346 g/mol. The quantitative estimate of drug-likeness (QED) is 0.552. The van der Waals surface area contributed by atoms with Crippen LogP contribution in [0.2, 0.25) is 0 Å². The molecule has 0 amide bonds. The number of aryl methyl sites for hydroxylation is 2. The Hall–Kier alpha value is -3.41. The molecule has 4 rings (SSSR count). The lowest BCUT2D eigenvalue weighted by Gasteiger charge is -2.06. The second-order valence-electron chi connectivity index (χ2n) is 6.34. The van der Waals surface area contributed by atoms with E-state index in [0.29, 0.717) is 17.3 Å². The van der Waals surface area contributed by atoms with Crippen LogP contribution >= 0.6 is 0 Å². The summed E-state index contributed by atoms with van der Waals surface area (Å²) in [7, 11) is 0. The summed E-state index contributed by atoms with van der Waals surface area (Å²) in [6.45, 7) is 4.00. The molecule has 0 atom stereocenters. The number of aromatic amines is 1. The molecular weight excluding hydrogens is 328 g/mol. The molecule has 6 heteroatoms. The molecule has 2 aromatic heterocycles. The lowest BCUT2D eigenvalue weighted by Crippen LogP contribution is -2.09. The maximum Gasteiger partial charge on any atom is 0.355 e. The van der Waals surface area contributed by atoms with Gasteiger partial charge in [-0.3, -0.25) is 0 Å². The Morgan fingerprint density at radius 2 is 1.92 bits per heavy atom. The number of hydrogen-bond acceptors (Lipinski definition) is 5. The van der Waals surface area contributed by atoms with Crippen LogP contribution in [-0.2, 0) is 11.3 Å². The number of benzene rings is 2. The van der Waals surface area contributed by atoms with E-state index in [-0.39, 0.29) is 6.61 Å². The van der Waals surface area contributed by atoms with E-state index >= 15 is 0 Å². The Bertz CT molecular complexity index is 1150. The number of rotatable bonds is 3. The van der Waals surface area contributed by atoms with Crippen molar-refractivity contribution in [2.24, 2.45) is 0 Å². The number of anilines is 1. The van der Waals surface area contributed by atoms with Gasteiger partial charge in [0, 0.05) is 16.3 Å². The van der Waals surface area contributed by atoms with Crippen molar-refractivity contribution in [3.63, 3.8) is 0 Å². The second-order valence-corrected chi connectivity index (χ2v) is 6.34. The minimum absolute atomic E-state index is 0.0404. The first-order valence-electron chi connectivity index (χ1n) is 8.29. The molecule has 0 unspecified atom stereocenters. The number of H-pyrrole nitrogens is 1. The van der Waals surface area contributed by atoms with E-state index in [1.165, 1.54) is 0 Å². The third-order valence-corrected chi connectivity index (χ3v) is 4.32. The van der Waals surface area contributed by atoms with Gasteiger partial charge < -0.3 is 15.5 Å². The van der Waals surface area contributed by atoms with Gasteiger partial charge in [-0.05, 0) is 49.2 Å². The summed E-state index contributed by atoms with van der Waals surface area (Å²) in [6.07, 6.45) is 0. The number of aromatic nitrogens is 3. The molecule has 4 aromatic rings. The smallest absolute Gasteiger partial charge is 0.355 e.